The molecule has 1 rings (SSSR count). The van der Waals surface area contributed by atoms with Crippen molar-refractivity contribution in [3.05, 3.63) is 0 Å². The second-order valence-corrected chi connectivity index (χ2v) is 3.87. The molecule has 48 valence electrons. The Labute approximate surface area is 51.3 Å². The van der Waals surface area contributed by atoms with Crippen LogP contribution in [-0.4, -0.2) is 6.04 Å². The molecule has 0 aliphatic heterocycles. The van der Waals surface area contributed by atoms with Crippen LogP contribution in [-0.2, 0) is 0 Å². The summed E-state index contributed by atoms with van der Waals surface area (Å²) in [5.41, 5.74) is 6.11. The van der Waals surface area contributed by atoms with Crippen molar-refractivity contribution in [3.8, 4) is 0 Å². The predicted octanol–water partition coefficient (Wildman–Crippen LogP) is 1.38. The average Bonchev–Trinajstić information content (AvgIpc) is 2.13. The Kier molecular flexibility index (Phi) is 1.12. The minimum atomic E-state index is 0.458. The first-order valence-electron chi connectivity index (χ1n) is 3.27. The van der Waals surface area contributed by atoms with Crippen LogP contribution in [0.15, 0.2) is 0 Å². The smallest absolute Gasteiger partial charge is 0.00761 e. The van der Waals surface area contributed by atoms with Crippen molar-refractivity contribution >= 4 is 0 Å². The molecule has 0 saturated heterocycles. The Morgan fingerprint density at radius 1 is 1.38 bits per heavy atom. The van der Waals surface area contributed by atoms with E-state index in [9.17, 15) is 0 Å². The maximum absolute atomic E-state index is 5.65. The van der Waals surface area contributed by atoms with Crippen molar-refractivity contribution in [2.75, 3.05) is 0 Å². The molecule has 0 radical (unpaired) electrons. The molecule has 2 N–H and O–H groups in total. The lowest BCUT2D eigenvalue weighted by Gasteiger charge is -2.16. The van der Waals surface area contributed by atoms with Crippen LogP contribution in [0.3, 0.4) is 0 Å². The van der Waals surface area contributed by atoms with E-state index in [1.807, 2.05) is 0 Å². The van der Waals surface area contributed by atoms with Crippen LogP contribution in [0.2, 0.25) is 0 Å². The zero-order valence-electron chi connectivity index (χ0n) is 5.94. The third-order valence-corrected chi connectivity index (χ3v) is 1.95. The van der Waals surface area contributed by atoms with E-state index in [0.717, 1.165) is 5.92 Å². The molecule has 0 heterocycles. The minimum Gasteiger partial charge on any atom is -0.327 e. The normalized spacial score (nSPS) is 37.5. The highest BCUT2D eigenvalue weighted by Crippen LogP contribution is 2.43. The summed E-state index contributed by atoms with van der Waals surface area (Å²) in [7, 11) is 0. The fourth-order valence-corrected chi connectivity index (χ4v) is 1.21. The maximum atomic E-state index is 5.65. The Hall–Kier alpha value is -0.0400. The van der Waals surface area contributed by atoms with Crippen molar-refractivity contribution in [2.24, 2.45) is 17.1 Å². The van der Waals surface area contributed by atoms with Crippen molar-refractivity contribution in [3.63, 3.8) is 0 Å². The van der Waals surface area contributed by atoms with Crippen molar-refractivity contribution < 1.29 is 0 Å². The van der Waals surface area contributed by atoms with E-state index in [2.05, 4.69) is 20.8 Å². The lowest BCUT2D eigenvalue weighted by molar-refractivity contribution is 0.343. The van der Waals surface area contributed by atoms with Crippen LogP contribution in [0.5, 0.6) is 0 Å². The van der Waals surface area contributed by atoms with Gasteiger partial charge in [0.25, 0.3) is 0 Å². The van der Waals surface area contributed by atoms with Crippen LogP contribution in [0.4, 0.5) is 0 Å². The van der Waals surface area contributed by atoms with Gasteiger partial charge in [-0.2, -0.15) is 0 Å². The van der Waals surface area contributed by atoms with E-state index in [1.54, 1.807) is 0 Å². The van der Waals surface area contributed by atoms with E-state index in [-0.39, 0.29) is 0 Å². The zero-order chi connectivity index (χ0) is 6.36. The molecule has 0 amide bonds. The van der Waals surface area contributed by atoms with Gasteiger partial charge in [-0.1, -0.05) is 20.8 Å². The summed E-state index contributed by atoms with van der Waals surface area (Å²) >= 11 is 0. The lowest BCUT2D eigenvalue weighted by Crippen LogP contribution is -2.14. The molecule has 1 unspecified atom stereocenters. The van der Waals surface area contributed by atoms with Crippen molar-refractivity contribution in [1.29, 1.82) is 0 Å². The largest absolute Gasteiger partial charge is 0.327 e. The van der Waals surface area contributed by atoms with Gasteiger partial charge in [0.1, 0.15) is 0 Å². The fourth-order valence-electron chi connectivity index (χ4n) is 1.21. The molecule has 0 spiro atoms. The summed E-state index contributed by atoms with van der Waals surface area (Å²) in [6.07, 6.45) is 1.24. The number of rotatable bonds is 0. The average molecular weight is 113 g/mol. The minimum absolute atomic E-state index is 0.458. The molecular formula is C7H15N. The number of hydrogen-bond acceptors (Lipinski definition) is 1. The molecule has 1 aliphatic rings. The van der Waals surface area contributed by atoms with Gasteiger partial charge in [0, 0.05) is 6.04 Å². The van der Waals surface area contributed by atoms with Crippen molar-refractivity contribution in [1.82, 2.24) is 0 Å². The van der Waals surface area contributed by atoms with Gasteiger partial charge in [0.15, 0.2) is 0 Å². The predicted molar refractivity (Wildman–Crippen MR) is 35.5 cm³/mol. The monoisotopic (exact) mass is 113 g/mol. The van der Waals surface area contributed by atoms with Gasteiger partial charge >= 0.3 is 0 Å². The standard InChI is InChI=1S/C7H15N/c1-7(2,3)5-4-6(5)8/h5-6H,4,8H2,1-3H3/t5?,6-/m1/s1. The second kappa shape index (κ2) is 1.47. The summed E-state index contributed by atoms with van der Waals surface area (Å²) in [5.74, 6) is 0.794. The van der Waals surface area contributed by atoms with Gasteiger partial charge in [-0.05, 0) is 17.8 Å². The summed E-state index contributed by atoms with van der Waals surface area (Å²) in [4.78, 5) is 0. The van der Waals surface area contributed by atoms with E-state index >= 15 is 0 Å². The van der Waals surface area contributed by atoms with Crippen molar-refractivity contribution in [2.45, 2.75) is 33.2 Å². The molecule has 8 heavy (non-hydrogen) atoms. The molecule has 2 atom stereocenters. The molecule has 1 nitrogen and oxygen atoms in total. The summed E-state index contributed by atoms with van der Waals surface area (Å²) in [6.45, 7) is 6.76. The first kappa shape index (κ1) is 6.09. The van der Waals surface area contributed by atoms with Gasteiger partial charge in [-0.3, -0.25) is 0 Å². The summed E-state index contributed by atoms with van der Waals surface area (Å²) in [5, 5.41) is 0. The quantitative estimate of drug-likeness (QED) is 0.504. The molecule has 1 heteroatoms. The van der Waals surface area contributed by atoms with E-state index in [4.69, 9.17) is 5.73 Å². The van der Waals surface area contributed by atoms with Crippen LogP contribution in [0, 0.1) is 11.3 Å². The maximum Gasteiger partial charge on any atom is 0.00761 e. The molecule has 1 aliphatic carbocycles. The van der Waals surface area contributed by atoms with E-state index in [0.29, 0.717) is 11.5 Å². The van der Waals surface area contributed by atoms with Crippen LogP contribution < -0.4 is 5.73 Å². The molecule has 0 aromatic heterocycles. The summed E-state index contributed by atoms with van der Waals surface area (Å²) < 4.78 is 0. The topological polar surface area (TPSA) is 26.0 Å². The van der Waals surface area contributed by atoms with Gasteiger partial charge < -0.3 is 5.73 Å². The molecule has 0 bridgehead atoms. The Bertz CT molecular complexity index is 91.1. The molecule has 0 aromatic rings. The molecule has 1 saturated carbocycles. The Morgan fingerprint density at radius 3 is 1.75 bits per heavy atom. The van der Waals surface area contributed by atoms with E-state index in [1.165, 1.54) is 6.42 Å². The van der Waals surface area contributed by atoms with Gasteiger partial charge in [-0.15, -0.1) is 0 Å². The zero-order valence-corrected chi connectivity index (χ0v) is 5.94. The fraction of sp³-hybridized carbons (Fsp3) is 1.00. The Balaban J connectivity index is 2.39. The van der Waals surface area contributed by atoms with Crippen LogP contribution in [0.25, 0.3) is 0 Å². The first-order valence-corrected chi connectivity index (χ1v) is 3.27. The molecular weight excluding hydrogens is 98.1 g/mol. The second-order valence-electron chi connectivity index (χ2n) is 3.87. The van der Waals surface area contributed by atoms with Gasteiger partial charge in [0.05, 0.1) is 0 Å². The molecule has 0 aromatic carbocycles. The van der Waals surface area contributed by atoms with Gasteiger partial charge in [-0.25, -0.2) is 0 Å². The number of hydrogen-bond donors (Lipinski definition) is 1. The lowest BCUT2D eigenvalue weighted by atomic mass is 9.90. The highest BCUT2D eigenvalue weighted by atomic mass is 14.8. The third kappa shape index (κ3) is 1.03. The number of nitrogens with two attached hydrogens (primary N) is 1. The Morgan fingerprint density at radius 2 is 1.75 bits per heavy atom. The van der Waals surface area contributed by atoms with E-state index < -0.39 is 0 Å². The summed E-state index contributed by atoms with van der Waals surface area (Å²) in [6, 6.07) is 0.509. The molecule has 1 fully saturated rings. The first-order chi connectivity index (χ1) is 3.52. The van der Waals surface area contributed by atoms with Crippen LogP contribution >= 0.6 is 0 Å². The SMILES string of the molecule is CC(C)(C)C1C[C@H]1N. The van der Waals surface area contributed by atoms with Gasteiger partial charge in [0.2, 0.25) is 0 Å². The highest BCUT2D eigenvalue weighted by molar-refractivity contribution is 4.97. The van der Waals surface area contributed by atoms with Crippen LogP contribution in [0.1, 0.15) is 27.2 Å². The highest BCUT2D eigenvalue weighted by Gasteiger charge is 2.42. The third-order valence-electron chi connectivity index (χ3n) is 1.95.